The van der Waals surface area contributed by atoms with Gasteiger partial charge in [-0.2, -0.15) is 0 Å². The highest BCUT2D eigenvalue weighted by atomic mass is 16.5. The lowest BCUT2D eigenvalue weighted by molar-refractivity contribution is -0.00879. The van der Waals surface area contributed by atoms with Crippen LogP contribution in [-0.2, 0) is 11.3 Å². The van der Waals surface area contributed by atoms with Crippen molar-refractivity contribution in [3.05, 3.63) is 29.3 Å². The molecule has 3 heteroatoms. The van der Waals surface area contributed by atoms with Gasteiger partial charge >= 0.3 is 0 Å². The Morgan fingerprint density at radius 1 is 1.39 bits per heavy atom. The number of hydrogen-bond donors (Lipinski definition) is 1. The number of nitrogens with two attached hydrogens (primary N) is 1. The van der Waals surface area contributed by atoms with Crippen LogP contribution in [0, 0.1) is 11.8 Å². The van der Waals surface area contributed by atoms with E-state index < -0.39 is 0 Å². The average Bonchev–Trinajstić information content (AvgIpc) is 2.35. The minimum atomic E-state index is 0.370. The summed E-state index contributed by atoms with van der Waals surface area (Å²) in [4.78, 5) is 0. The fourth-order valence-electron chi connectivity index (χ4n) is 1.83. The SMILES string of the molecule is COc1ccc(C#CCN)c(COC2CCC2)c1. The Bertz CT molecular complexity index is 455. The highest BCUT2D eigenvalue weighted by molar-refractivity contribution is 5.45. The van der Waals surface area contributed by atoms with Crippen LogP contribution in [0.3, 0.4) is 0 Å². The Morgan fingerprint density at radius 2 is 2.22 bits per heavy atom. The molecule has 3 nitrogen and oxygen atoms in total. The van der Waals surface area contributed by atoms with Crippen molar-refractivity contribution in [3.63, 3.8) is 0 Å². The van der Waals surface area contributed by atoms with Crippen LogP contribution in [0.5, 0.6) is 5.75 Å². The normalized spacial score (nSPS) is 14.6. The molecule has 0 heterocycles. The van der Waals surface area contributed by atoms with Gasteiger partial charge in [0, 0.05) is 5.56 Å². The molecule has 0 saturated heterocycles. The largest absolute Gasteiger partial charge is 0.497 e. The zero-order valence-corrected chi connectivity index (χ0v) is 10.7. The predicted molar refractivity (Wildman–Crippen MR) is 71.4 cm³/mol. The average molecular weight is 245 g/mol. The fraction of sp³-hybridized carbons (Fsp3) is 0.467. The van der Waals surface area contributed by atoms with Gasteiger partial charge in [0.15, 0.2) is 0 Å². The molecule has 2 N–H and O–H groups in total. The molecule has 1 fully saturated rings. The third-order valence-corrected chi connectivity index (χ3v) is 3.16. The van der Waals surface area contributed by atoms with E-state index in [1.54, 1.807) is 7.11 Å². The van der Waals surface area contributed by atoms with Gasteiger partial charge in [-0.25, -0.2) is 0 Å². The fourth-order valence-corrected chi connectivity index (χ4v) is 1.83. The van der Waals surface area contributed by atoms with E-state index in [1.807, 2.05) is 18.2 Å². The van der Waals surface area contributed by atoms with E-state index >= 15 is 0 Å². The molecule has 0 atom stereocenters. The molecule has 0 bridgehead atoms. The van der Waals surface area contributed by atoms with Crippen LogP contribution in [0.4, 0.5) is 0 Å². The lowest BCUT2D eigenvalue weighted by Crippen LogP contribution is -2.21. The lowest BCUT2D eigenvalue weighted by Gasteiger charge is -2.25. The second kappa shape index (κ2) is 6.44. The summed E-state index contributed by atoms with van der Waals surface area (Å²) in [5.41, 5.74) is 7.45. The number of rotatable bonds is 4. The molecular weight excluding hydrogens is 226 g/mol. The first-order chi connectivity index (χ1) is 8.83. The molecule has 96 valence electrons. The molecule has 1 aromatic rings. The van der Waals surface area contributed by atoms with Gasteiger partial charge in [-0.3, -0.25) is 0 Å². The van der Waals surface area contributed by atoms with E-state index in [0.29, 0.717) is 19.3 Å². The van der Waals surface area contributed by atoms with Gasteiger partial charge in [0.2, 0.25) is 0 Å². The molecule has 1 saturated carbocycles. The van der Waals surface area contributed by atoms with E-state index in [1.165, 1.54) is 19.3 Å². The summed E-state index contributed by atoms with van der Waals surface area (Å²) in [7, 11) is 1.66. The third-order valence-electron chi connectivity index (χ3n) is 3.16. The molecule has 0 aliphatic heterocycles. The quantitative estimate of drug-likeness (QED) is 0.826. The third kappa shape index (κ3) is 3.25. The van der Waals surface area contributed by atoms with E-state index in [2.05, 4.69) is 11.8 Å². The summed E-state index contributed by atoms with van der Waals surface area (Å²) in [6, 6.07) is 5.85. The Balaban J connectivity index is 2.11. The summed E-state index contributed by atoms with van der Waals surface area (Å²) in [6.45, 7) is 0.964. The van der Waals surface area contributed by atoms with Crippen LogP contribution in [-0.4, -0.2) is 19.8 Å². The zero-order chi connectivity index (χ0) is 12.8. The molecule has 2 rings (SSSR count). The van der Waals surface area contributed by atoms with E-state index in [-0.39, 0.29) is 0 Å². The van der Waals surface area contributed by atoms with Crippen molar-refractivity contribution in [3.8, 4) is 17.6 Å². The highest BCUT2D eigenvalue weighted by Crippen LogP contribution is 2.25. The second-order valence-corrected chi connectivity index (χ2v) is 4.39. The topological polar surface area (TPSA) is 44.5 Å². The predicted octanol–water partition coefficient (Wildman–Crippen LogP) is 2.07. The Kier molecular flexibility index (Phi) is 4.63. The van der Waals surface area contributed by atoms with E-state index in [0.717, 1.165) is 16.9 Å². The van der Waals surface area contributed by atoms with E-state index in [4.69, 9.17) is 15.2 Å². The van der Waals surface area contributed by atoms with Gasteiger partial charge in [0.05, 0.1) is 26.4 Å². The lowest BCUT2D eigenvalue weighted by atomic mass is 9.96. The molecule has 1 aromatic carbocycles. The van der Waals surface area contributed by atoms with Crippen LogP contribution in [0.15, 0.2) is 18.2 Å². The molecule has 18 heavy (non-hydrogen) atoms. The summed E-state index contributed by atoms with van der Waals surface area (Å²) in [5.74, 6) is 6.79. The van der Waals surface area contributed by atoms with Gasteiger partial charge < -0.3 is 15.2 Å². The molecule has 0 radical (unpaired) electrons. The van der Waals surface area contributed by atoms with Crippen LogP contribution in [0.1, 0.15) is 30.4 Å². The summed E-state index contributed by atoms with van der Waals surface area (Å²) in [6.07, 6.45) is 4.05. The molecule has 1 aliphatic carbocycles. The van der Waals surface area contributed by atoms with Crippen molar-refractivity contribution < 1.29 is 9.47 Å². The molecular formula is C15H19NO2. The van der Waals surface area contributed by atoms with Crippen LogP contribution in [0.2, 0.25) is 0 Å². The number of benzene rings is 1. The van der Waals surface area contributed by atoms with Gasteiger partial charge in [-0.1, -0.05) is 11.8 Å². The molecule has 0 aromatic heterocycles. The Morgan fingerprint density at radius 3 is 2.83 bits per heavy atom. The van der Waals surface area contributed by atoms with Crippen molar-refractivity contribution >= 4 is 0 Å². The first kappa shape index (κ1) is 12.9. The van der Waals surface area contributed by atoms with Crippen LogP contribution >= 0.6 is 0 Å². The number of methoxy groups -OCH3 is 1. The van der Waals surface area contributed by atoms with Crippen LogP contribution in [0.25, 0.3) is 0 Å². The first-order valence-corrected chi connectivity index (χ1v) is 6.31. The second-order valence-electron chi connectivity index (χ2n) is 4.39. The molecule has 1 aliphatic rings. The van der Waals surface area contributed by atoms with Crippen LogP contribution < -0.4 is 10.5 Å². The van der Waals surface area contributed by atoms with Crippen molar-refractivity contribution in [1.82, 2.24) is 0 Å². The summed E-state index contributed by atoms with van der Waals surface area (Å²) < 4.78 is 11.1. The van der Waals surface area contributed by atoms with Crippen molar-refractivity contribution in [2.24, 2.45) is 5.73 Å². The van der Waals surface area contributed by atoms with Gasteiger partial charge in [0.1, 0.15) is 5.75 Å². The summed E-state index contributed by atoms with van der Waals surface area (Å²) in [5, 5.41) is 0. The minimum absolute atomic E-state index is 0.370. The maximum Gasteiger partial charge on any atom is 0.119 e. The maximum atomic E-state index is 5.83. The van der Waals surface area contributed by atoms with Crippen molar-refractivity contribution in [2.75, 3.05) is 13.7 Å². The van der Waals surface area contributed by atoms with Gasteiger partial charge in [-0.15, -0.1) is 0 Å². The molecule has 0 unspecified atom stereocenters. The standard InChI is InChI=1S/C15H19NO2/c1-17-15-8-7-12(4-3-9-16)13(10-15)11-18-14-5-2-6-14/h7-8,10,14H,2,5-6,9,11,16H2,1H3. The Labute approximate surface area is 108 Å². The summed E-state index contributed by atoms with van der Waals surface area (Å²) >= 11 is 0. The Hall–Kier alpha value is -1.50. The van der Waals surface area contributed by atoms with Crippen molar-refractivity contribution in [2.45, 2.75) is 32.0 Å². The van der Waals surface area contributed by atoms with Gasteiger partial charge in [-0.05, 0) is 43.0 Å². The van der Waals surface area contributed by atoms with Crippen molar-refractivity contribution in [1.29, 1.82) is 0 Å². The first-order valence-electron chi connectivity index (χ1n) is 6.31. The number of ether oxygens (including phenoxy) is 2. The monoisotopic (exact) mass is 245 g/mol. The highest BCUT2D eigenvalue weighted by Gasteiger charge is 2.18. The van der Waals surface area contributed by atoms with Gasteiger partial charge in [0.25, 0.3) is 0 Å². The van der Waals surface area contributed by atoms with E-state index in [9.17, 15) is 0 Å². The number of hydrogen-bond acceptors (Lipinski definition) is 3. The molecule has 0 amide bonds. The minimum Gasteiger partial charge on any atom is -0.497 e. The zero-order valence-electron chi connectivity index (χ0n) is 10.7. The smallest absolute Gasteiger partial charge is 0.119 e. The maximum absolute atomic E-state index is 5.83. The molecule has 0 spiro atoms.